The Labute approximate surface area is 295 Å². The Hall–Kier alpha value is -6.09. The Morgan fingerprint density at radius 2 is 1.27 bits per heavy atom. The normalized spacial score (nSPS) is 15.2. The highest BCUT2D eigenvalue weighted by atomic mass is 16.1. The molecule has 7 aromatic rings. The Balaban J connectivity index is 0.000000152. The number of aromatic nitrogens is 7. The van der Waals surface area contributed by atoms with Crippen molar-refractivity contribution in [1.29, 1.82) is 0 Å². The molecule has 2 aliphatic carbocycles. The first kappa shape index (κ1) is 32.1. The summed E-state index contributed by atoms with van der Waals surface area (Å²) < 4.78 is 3.90. The molecule has 9 heteroatoms. The number of carbonyl (C=O) groups is 2. The van der Waals surface area contributed by atoms with Gasteiger partial charge in [-0.3, -0.25) is 24.5 Å². The van der Waals surface area contributed by atoms with Gasteiger partial charge in [-0.2, -0.15) is 10.2 Å². The fourth-order valence-corrected chi connectivity index (χ4v) is 7.14. The topological polar surface area (TPSA) is 108 Å². The van der Waals surface area contributed by atoms with Crippen LogP contribution in [0.4, 0.5) is 0 Å². The minimum absolute atomic E-state index is 0.172. The molecule has 5 aromatic heterocycles. The third-order valence-corrected chi connectivity index (χ3v) is 9.64. The van der Waals surface area contributed by atoms with Crippen molar-refractivity contribution in [2.45, 2.75) is 58.8 Å². The number of carbonyl (C=O) groups excluding carboxylic acids is 2. The monoisotopic (exact) mass is 671 g/mol. The molecule has 0 fully saturated rings. The minimum atomic E-state index is 0.172. The molecule has 9 rings (SSSR count). The molecule has 0 saturated heterocycles. The smallest absolute Gasteiger partial charge is 0.163 e. The summed E-state index contributed by atoms with van der Waals surface area (Å²) in [5, 5.41) is 11.2. The lowest BCUT2D eigenvalue weighted by atomic mass is 9.95. The molecule has 2 aliphatic rings. The number of aryl methyl sites for hydroxylation is 4. The summed E-state index contributed by atoms with van der Waals surface area (Å²) in [6, 6.07) is 22.3. The van der Waals surface area contributed by atoms with Crippen LogP contribution in [0.3, 0.4) is 0 Å². The van der Waals surface area contributed by atoms with Gasteiger partial charge in [-0.1, -0.05) is 6.07 Å². The van der Waals surface area contributed by atoms with Crippen molar-refractivity contribution in [1.82, 2.24) is 34.5 Å². The first-order valence-electron chi connectivity index (χ1n) is 17.4. The van der Waals surface area contributed by atoms with Crippen molar-refractivity contribution >= 4 is 45.0 Å². The van der Waals surface area contributed by atoms with Crippen LogP contribution in [-0.2, 0) is 28.9 Å². The zero-order valence-electron chi connectivity index (χ0n) is 28.7. The maximum Gasteiger partial charge on any atom is 0.163 e. The van der Waals surface area contributed by atoms with E-state index in [2.05, 4.69) is 49.4 Å². The van der Waals surface area contributed by atoms with Gasteiger partial charge in [0.05, 0.1) is 40.5 Å². The van der Waals surface area contributed by atoms with Crippen LogP contribution >= 0.6 is 0 Å². The van der Waals surface area contributed by atoms with Crippen molar-refractivity contribution < 1.29 is 9.59 Å². The number of fused-ring (bicyclic) bond motifs is 4. The van der Waals surface area contributed by atoms with Gasteiger partial charge in [0.15, 0.2) is 5.78 Å². The maximum absolute atomic E-state index is 12.9. The highest BCUT2D eigenvalue weighted by molar-refractivity contribution is 6.26. The van der Waals surface area contributed by atoms with Crippen molar-refractivity contribution in [2.75, 3.05) is 0 Å². The van der Waals surface area contributed by atoms with E-state index < -0.39 is 0 Å². The number of rotatable bonds is 3. The summed E-state index contributed by atoms with van der Waals surface area (Å²) in [6.45, 7) is 3.95. The zero-order valence-corrected chi connectivity index (χ0v) is 28.7. The van der Waals surface area contributed by atoms with Gasteiger partial charge in [0.25, 0.3) is 0 Å². The van der Waals surface area contributed by atoms with Crippen LogP contribution in [0.2, 0.25) is 0 Å². The van der Waals surface area contributed by atoms with E-state index in [1.807, 2.05) is 84.1 Å². The molecule has 0 N–H and O–H groups in total. The molecule has 0 bridgehead atoms. The zero-order chi connectivity index (χ0) is 34.9. The number of Topliss-reactive ketones (excluding diaryl/α,β-unsaturated/α-hetero) is 2. The van der Waals surface area contributed by atoms with Crippen molar-refractivity contribution in [3.05, 3.63) is 137 Å². The first-order chi connectivity index (χ1) is 24.9. The van der Waals surface area contributed by atoms with Crippen LogP contribution in [0, 0.1) is 13.8 Å². The lowest BCUT2D eigenvalue weighted by Crippen LogP contribution is -2.01. The number of nitrogens with zero attached hydrogens (tertiary/aromatic N) is 7. The van der Waals surface area contributed by atoms with Crippen LogP contribution in [-0.4, -0.2) is 46.1 Å². The average molecular weight is 672 g/mol. The van der Waals surface area contributed by atoms with E-state index >= 15 is 0 Å². The molecule has 5 heterocycles. The molecule has 2 aromatic carbocycles. The van der Waals surface area contributed by atoms with E-state index in [1.54, 1.807) is 18.6 Å². The van der Waals surface area contributed by atoms with Gasteiger partial charge in [-0.25, -0.2) is 9.36 Å². The molecule has 0 spiro atoms. The number of allylic oxidation sites excluding steroid dienone is 1. The quantitative estimate of drug-likeness (QED) is 0.140. The molecule has 0 atom stereocenters. The molecule has 0 unspecified atom stereocenters. The van der Waals surface area contributed by atoms with Gasteiger partial charge in [-0.05, 0) is 129 Å². The van der Waals surface area contributed by atoms with Gasteiger partial charge in [-0.15, -0.1) is 0 Å². The van der Waals surface area contributed by atoms with Gasteiger partial charge in [0, 0.05) is 65.6 Å². The van der Waals surface area contributed by atoms with Crippen LogP contribution < -0.4 is 0 Å². The second kappa shape index (κ2) is 13.7. The maximum atomic E-state index is 12.9. The Morgan fingerprint density at radius 1 is 0.627 bits per heavy atom. The molecule has 0 amide bonds. The van der Waals surface area contributed by atoms with E-state index in [0.717, 1.165) is 87.1 Å². The minimum Gasteiger partial charge on any atom is -0.299 e. The highest BCUT2D eigenvalue weighted by Crippen LogP contribution is 2.33. The molecule has 0 aliphatic heterocycles. The van der Waals surface area contributed by atoms with Gasteiger partial charge in [0.1, 0.15) is 5.78 Å². The molecule has 9 nitrogen and oxygen atoms in total. The van der Waals surface area contributed by atoms with Crippen LogP contribution in [0.5, 0.6) is 0 Å². The van der Waals surface area contributed by atoms with Gasteiger partial charge in [0.2, 0.25) is 0 Å². The van der Waals surface area contributed by atoms with E-state index in [1.165, 1.54) is 16.7 Å². The standard InChI is InChI=1S/C24H20N4O.C18H17N3O/c1-16-11-20(8-10-25-16)28-23-13-17-5-4-7-24(29)22(14-19-6-2-3-9-26-19)21(17)12-18(23)15-27-28;1-12-7-16(5-6-19-12)21-18-10-13-3-2-4-17(22)9-14(13)8-15(18)11-20-21/h2-3,6,8-15H,4-5,7H2,1H3;5-8,10-11H,2-4,9H2,1H3. The summed E-state index contributed by atoms with van der Waals surface area (Å²) in [4.78, 5) is 37.6. The van der Waals surface area contributed by atoms with E-state index in [0.29, 0.717) is 25.0 Å². The molecule has 0 saturated carbocycles. The lowest BCUT2D eigenvalue weighted by molar-refractivity contribution is -0.118. The molecule has 252 valence electrons. The number of ketones is 2. The van der Waals surface area contributed by atoms with E-state index in [-0.39, 0.29) is 5.78 Å². The fraction of sp³-hybridized carbons (Fsp3) is 0.214. The van der Waals surface area contributed by atoms with Crippen molar-refractivity contribution in [2.24, 2.45) is 0 Å². The number of benzene rings is 2. The van der Waals surface area contributed by atoms with Gasteiger partial charge >= 0.3 is 0 Å². The highest BCUT2D eigenvalue weighted by Gasteiger charge is 2.22. The van der Waals surface area contributed by atoms with Crippen LogP contribution in [0.15, 0.2) is 97.7 Å². The summed E-state index contributed by atoms with van der Waals surface area (Å²) in [7, 11) is 0. The van der Waals surface area contributed by atoms with E-state index in [9.17, 15) is 9.59 Å². The number of hydrogen-bond acceptors (Lipinski definition) is 7. The summed E-state index contributed by atoms with van der Waals surface area (Å²) in [5.41, 5.74) is 12.2. The van der Waals surface area contributed by atoms with Crippen LogP contribution in [0.1, 0.15) is 65.0 Å². The number of hydrogen-bond donors (Lipinski definition) is 0. The molecular weight excluding hydrogens is 635 g/mol. The summed E-state index contributed by atoms with van der Waals surface area (Å²) in [6.07, 6.45) is 16.4. The summed E-state index contributed by atoms with van der Waals surface area (Å²) in [5.74, 6) is 0.515. The third kappa shape index (κ3) is 6.62. The van der Waals surface area contributed by atoms with Crippen molar-refractivity contribution in [3.63, 3.8) is 0 Å². The van der Waals surface area contributed by atoms with Crippen molar-refractivity contribution in [3.8, 4) is 11.4 Å². The fourth-order valence-electron chi connectivity index (χ4n) is 7.14. The predicted octanol–water partition coefficient (Wildman–Crippen LogP) is 7.75. The lowest BCUT2D eigenvalue weighted by Gasteiger charge is -2.11. The largest absolute Gasteiger partial charge is 0.299 e. The Morgan fingerprint density at radius 3 is 1.94 bits per heavy atom. The summed E-state index contributed by atoms with van der Waals surface area (Å²) >= 11 is 0. The molecular formula is C42H37N7O2. The first-order valence-corrected chi connectivity index (χ1v) is 17.4. The van der Waals surface area contributed by atoms with Crippen LogP contribution in [0.25, 0.3) is 44.8 Å². The SMILES string of the molecule is Cc1cc(-n2ncc3cc4c(cc32)CCCC(=O)C4)ccn1.Cc1cc(-n2ncc3cc4c(cc32)CCCC(=O)C4=Cc2ccccn2)ccn1. The predicted molar refractivity (Wildman–Crippen MR) is 199 cm³/mol. The Kier molecular flexibility index (Phi) is 8.61. The molecule has 0 radical (unpaired) electrons. The number of pyridine rings is 3. The van der Waals surface area contributed by atoms with E-state index in [4.69, 9.17) is 0 Å². The average Bonchev–Trinajstić information content (AvgIpc) is 3.64. The third-order valence-electron chi connectivity index (χ3n) is 9.64. The second-order valence-electron chi connectivity index (χ2n) is 13.3. The molecule has 51 heavy (non-hydrogen) atoms. The van der Waals surface area contributed by atoms with Gasteiger partial charge < -0.3 is 0 Å². The second-order valence-corrected chi connectivity index (χ2v) is 13.3. The Bertz CT molecular complexity index is 2470.